The monoisotopic (exact) mass is 366 g/mol. The average molecular weight is 366 g/mol. The van der Waals surface area contributed by atoms with Gasteiger partial charge in [0.1, 0.15) is 5.52 Å². The molecule has 28 heavy (non-hydrogen) atoms. The molecule has 0 spiro atoms. The summed E-state index contributed by atoms with van der Waals surface area (Å²) in [5.74, 6) is 1.62. The number of anilines is 1. The Hall–Kier alpha value is -3.72. The fourth-order valence-electron chi connectivity index (χ4n) is 3.47. The Kier molecular flexibility index (Phi) is 3.99. The Labute approximate surface area is 162 Å². The van der Waals surface area contributed by atoms with Gasteiger partial charge in [-0.1, -0.05) is 36.4 Å². The molecule has 3 aromatic heterocycles. The zero-order valence-corrected chi connectivity index (χ0v) is 15.2. The highest BCUT2D eigenvalue weighted by Crippen LogP contribution is 2.46. The van der Waals surface area contributed by atoms with Crippen LogP contribution < -0.4 is 5.32 Å². The van der Waals surface area contributed by atoms with E-state index in [0.29, 0.717) is 6.54 Å². The fraction of sp³-hybridized carbons (Fsp3) is 0.182. The van der Waals surface area contributed by atoms with Crippen LogP contribution in [-0.2, 0) is 6.54 Å². The number of nitrogens with zero attached hydrogens (tertiary/aromatic N) is 5. The molecule has 136 valence electrons. The van der Waals surface area contributed by atoms with Gasteiger partial charge in [0.05, 0.1) is 24.2 Å². The molecule has 1 fully saturated rings. The van der Waals surface area contributed by atoms with Crippen LogP contribution in [0.5, 0.6) is 0 Å². The average Bonchev–Trinajstić information content (AvgIpc) is 3.43. The van der Waals surface area contributed by atoms with Gasteiger partial charge >= 0.3 is 0 Å². The fourth-order valence-corrected chi connectivity index (χ4v) is 3.47. The van der Waals surface area contributed by atoms with Crippen molar-refractivity contribution < 1.29 is 0 Å². The maximum atomic E-state index is 9.19. The minimum Gasteiger partial charge on any atom is -0.363 e. The number of hydrogen-bond donors (Lipinski definition) is 1. The van der Waals surface area contributed by atoms with E-state index in [2.05, 4.69) is 34.6 Å². The van der Waals surface area contributed by atoms with E-state index in [9.17, 15) is 5.26 Å². The highest BCUT2D eigenvalue weighted by molar-refractivity contribution is 5.88. The zero-order valence-electron chi connectivity index (χ0n) is 15.2. The molecule has 1 saturated carbocycles. The molecular formula is C22H18N6. The van der Waals surface area contributed by atoms with Crippen molar-refractivity contribution in [3.05, 3.63) is 78.5 Å². The van der Waals surface area contributed by atoms with Crippen LogP contribution >= 0.6 is 0 Å². The molecule has 5 rings (SSSR count). The van der Waals surface area contributed by atoms with E-state index in [1.807, 2.05) is 47.1 Å². The molecule has 4 aromatic rings. The first kappa shape index (κ1) is 16.5. The van der Waals surface area contributed by atoms with Crippen molar-refractivity contribution in [1.29, 1.82) is 5.26 Å². The number of aromatic nitrogens is 4. The Morgan fingerprint density at radius 3 is 2.71 bits per heavy atom. The van der Waals surface area contributed by atoms with E-state index in [1.54, 1.807) is 6.20 Å². The largest absolute Gasteiger partial charge is 0.363 e. The van der Waals surface area contributed by atoms with Crippen LogP contribution in [0, 0.1) is 17.2 Å². The van der Waals surface area contributed by atoms with Crippen molar-refractivity contribution in [2.24, 2.45) is 5.92 Å². The Morgan fingerprint density at radius 1 is 1.11 bits per heavy atom. The molecule has 1 aliphatic carbocycles. The van der Waals surface area contributed by atoms with Gasteiger partial charge in [0.15, 0.2) is 11.6 Å². The predicted molar refractivity (Wildman–Crippen MR) is 106 cm³/mol. The Balaban J connectivity index is 1.59. The maximum absolute atomic E-state index is 9.19. The van der Waals surface area contributed by atoms with Crippen molar-refractivity contribution in [3.8, 4) is 17.2 Å². The third-order valence-corrected chi connectivity index (χ3v) is 5.06. The summed E-state index contributed by atoms with van der Waals surface area (Å²) < 4.78 is 1.87. The quantitative estimate of drug-likeness (QED) is 0.577. The summed E-state index contributed by atoms with van der Waals surface area (Å²) in [7, 11) is 0. The lowest BCUT2D eigenvalue weighted by Crippen LogP contribution is -2.09. The molecule has 1 N–H and O–H groups in total. The van der Waals surface area contributed by atoms with Crippen LogP contribution in [0.15, 0.2) is 67.0 Å². The molecule has 0 radical (unpaired) electrons. The molecule has 0 aliphatic heterocycles. The first-order valence-electron chi connectivity index (χ1n) is 9.31. The van der Waals surface area contributed by atoms with E-state index in [0.717, 1.165) is 40.4 Å². The second-order valence-corrected chi connectivity index (χ2v) is 6.96. The van der Waals surface area contributed by atoms with Crippen LogP contribution in [0.25, 0.3) is 16.6 Å². The number of rotatable bonds is 5. The summed E-state index contributed by atoms with van der Waals surface area (Å²) >= 11 is 0. The van der Waals surface area contributed by atoms with Crippen LogP contribution in [0.1, 0.15) is 23.9 Å². The molecular weight excluding hydrogens is 348 g/mol. The minimum absolute atomic E-state index is 0.0187. The lowest BCUT2D eigenvalue weighted by molar-refractivity contribution is 0.790. The van der Waals surface area contributed by atoms with E-state index >= 15 is 0 Å². The number of pyridine rings is 1. The lowest BCUT2D eigenvalue weighted by Gasteiger charge is -2.11. The van der Waals surface area contributed by atoms with Crippen molar-refractivity contribution >= 4 is 11.3 Å². The highest BCUT2D eigenvalue weighted by atomic mass is 15.3. The molecule has 6 heteroatoms. The molecule has 0 saturated heterocycles. The van der Waals surface area contributed by atoms with Crippen molar-refractivity contribution in [3.63, 3.8) is 0 Å². The number of benzene rings is 1. The third kappa shape index (κ3) is 2.97. The second kappa shape index (κ2) is 6.78. The number of nitriles is 1. The van der Waals surface area contributed by atoms with Crippen molar-refractivity contribution in [1.82, 2.24) is 19.6 Å². The molecule has 0 unspecified atom stereocenters. The van der Waals surface area contributed by atoms with Gasteiger partial charge in [-0.25, -0.2) is 9.50 Å². The van der Waals surface area contributed by atoms with Crippen LogP contribution in [0.2, 0.25) is 0 Å². The van der Waals surface area contributed by atoms with Crippen molar-refractivity contribution in [2.45, 2.75) is 18.9 Å². The van der Waals surface area contributed by atoms with E-state index in [1.165, 1.54) is 0 Å². The lowest BCUT2D eigenvalue weighted by atomic mass is 10.1. The summed E-state index contributed by atoms with van der Waals surface area (Å²) in [5, 5.41) is 17.3. The molecule has 1 aromatic carbocycles. The smallest absolute Gasteiger partial charge is 0.156 e. The molecule has 0 amide bonds. The van der Waals surface area contributed by atoms with Gasteiger partial charge in [0.2, 0.25) is 0 Å². The van der Waals surface area contributed by atoms with Crippen molar-refractivity contribution in [2.75, 3.05) is 5.32 Å². The van der Waals surface area contributed by atoms with Crippen LogP contribution in [0.3, 0.4) is 0 Å². The summed E-state index contributed by atoms with van der Waals surface area (Å²) in [6.07, 6.45) is 4.57. The number of fused-ring (bicyclic) bond motifs is 1. The van der Waals surface area contributed by atoms with Crippen LogP contribution in [-0.4, -0.2) is 19.6 Å². The molecule has 0 bridgehead atoms. The van der Waals surface area contributed by atoms with Gasteiger partial charge in [0, 0.05) is 23.9 Å². The summed E-state index contributed by atoms with van der Waals surface area (Å²) in [4.78, 5) is 9.19. The van der Waals surface area contributed by atoms with Gasteiger partial charge < -0.3 is 5.32 Å². The second-order valence-electron chi connectivity index (χ2n) is 6.96. The minimum atomic E-state index is 0.0187. The first-order chi connectivity index (χ1) is 13.8. The third-order valence-electron chi connectivity index (χ3n) is 5.06. The number of hydrogen-bond acceptors (Lipinski definition) is 5. The van der Waals surface area contributed by atoms with Gasteiger partial charge in [-0.15, -0.1) is 0 Å². The molecule has 1 aliphatic rings. The van der Waals surface area contributed by atoms with Crippen LogP contribution in [0.4, 0.5) is 5.82 Å². The molecule has 2 atom stereocenters. The van der Waals surface area contributed by atoms with Gasteiger partial charge in [-0.2, -0.15) is 10.4 Å². The van der Waals surface area contributed by atoms with Gasteiger partial charge in [-0.05, 0) is 30.2 Å². The first-order valence-corrected chi connectivity index (χ1v) is 9.31. The van der Waals surface area contributed by atoms with Gasteiger partial charge in [-0.3, -0.25) is 4.98 Å². The van der Waals surface area contributed by atoms with E-state index in [-0.39, 0.29) is 11.8 Å². The standard InChI is InChI=1S/C22H18N6/c23-13-16-12-19(16)21-26-22(25-14-17-8-4-5-10-24-17)20-18(9-11-28(20)27-21)15-6-2-1-3-7-15/h1-11,16,19H,12,14H2,(H,25,26,27)/t16-,19+/m0/s1. The highest BCUT2D eigenvalue weighted by Gasteiger charge is 2.41. The maximum Gasteiger partial charge on any atom is 0.156 e. The summed E-state index contributed by atoms with van der Waals surface area (Å²) in [5.41, 5.74) is 4.06. The SMILES string of the molecule is N#C[C@@H]1C[C@H]1c1nc(NCc2ccccn2)c2c(-c3ccccc3)ccn2n1. The Bertz CT molecular complexity index is 1160. The van der Waals surface area contributed by atoms with E-state index in [4.69, 9.17) is 10.1 Å². The molecule has 3 heterocycles. The summed E-state index contributed by atoms with van der Waals surface area (Å²) in [6, 6.07) is 20.5. The normalized spacial score (nSPS) is 18.0. The predicted octanol–water partition coefficient (Wildman–Crippen LogP) is 4.03. The molecule has 6 nitrogen and oxygen atoms in total. The Morgan fingerprint density at radius 2 is 1.96 bits per heavy atom. The summed E-state index contributed by atoms with van der Waals surface area (Å²) in [6.45, 7) is 0.568. The number of nitrogens with one attached hydrogen (secondary N) is 1. The van der Waals surface area contributed by atoms with E-state index < -0.39 is 0 Å². The van der Waals surface area contributed by atoms with Gasteiger partial charge in [0.25, 0.3) is 0 Å². The topological polar surface area (TPSA) is 78.9 Å². The zero-order chi connectivity index (χ0) is 18.9.